The van der Waals surface area contributed by atoms with Gasteiger partial charge < -0.3 is 0 Å². The number of rotatable bonds is 8. The van der Waals surface area contributed by atoms with Gasteiger partial charge in [-0.1, -0.05) is 165 Å². The molecule has 15 rings (SSSR count). The quantitative estimate of drug-likeness (QED) is 0.135. The van der Waals surface area contributed by atoms with E-state index in [1.165, 1.54) is 205 Å². The third-order valence-electron chi connectivity index (χ3n) is 22.3. The SMILES string of the molecule is Cc1cc(C)c(C)c(-c2c3ccc(C(C)C)cc3cc[n+]2C)c1.Cc1cc(C)c(C)c(-c2c3ccccc3cc[n+]2C)c1.Cc1cc(C)c(C)c(-c2cc(C)c3c(C)cccc3[n+]2C)c1.Cc1cc(C)c(C)c(-c2ccc3c(CC(C)C)cccc3[n+]2C)c1.Cc1ccccc1-c1c2ccccc2cc[n+]1C. The van der Waals surface area contributed by atoms with Crippen LogP contribution in [0.4, 0.5) is 0 Å². The van der Waals surface area contributed by atoms with Gasteiger partial charge in [-0.3, -0.25) is 0 Å². The molecule has 542 valence electrons. The average Bonchev–Trinajstić information content (AvgIpc) is 0.773. The standard InChI is InChI=1S/C23H28N.C22H26N.C21H24N.C19H20N.C17H16N/c1-15(2)12-19-8-7-9-22-20(19)10-11-23(24(22)6)21-14-16(3)13-17(4)18(21)5;1-14(2)18-7-8-20-19(13-18)9-10-23(6)22(20)21-12-15(3)11-16(4)17(21)5;1-13-10-15(3)17(5)18(11-13)20-12-16(4)21-14(2)8-7-9-19(21)22(20)6;1-13-11-14(2)15(3)18(12-13)19-17-8-6-5-7-16(17)9-10-20(19)4;1-13-7-3-5-9-15(13)17-16-10-6-4-8-14(16)11-12-18(17)2/h7-11,13-15H,12H2,1-6H3;7-14H,1-6H3;7-12H,1-6H3;5-12H,1-4H3;3-12H,1-2H3/q5*+1. The highest BCUT2D eigenvalue weighted by molar-refractivity contribution is 5.96. The van der Waals surface area contributed by atoms with Crippen molar-refractivity contribution in [2.24, 2.45) is 41.2 Å². The van der Waals surface area contributed by atoms with E-state index < -0.39 is 0 Å². The van der Waals surface area contributed by atoms with Crippen LogP contribution in [0.1, 0.15) is 128 Å². The molecule has 5 heterocycles. The van der Waals surface area contributed by atoms with E-state index in [1.54, 1.807) is 0 Å². The van der Waals surface area contributed by atoms with Gasteiger partial charge in [-0.05, 0) is 265 Å². The number of nitrogens with zero attached hydrogens (tertiary/aromatic N) is 5. The zero-order valence-corrected chi connectivity index (χ0v) is 68.5. The van der Waals surface area contributed by atoms with Crippen LogP contribution in [0, 0.1) is 110 Å². The van der Waals surface area contributed by atoms with Crippen LogP contribution in [0.3, 0.4) is 0 Å². The molecular formula is C102H114N5+5. The molecule has 0 fully saturated rings. The Kier molecular flexibility index (Phi) is 23.8. The summed E-state index contributed by atoms with van der Waals surface area (Å²) in [5.41, 5.74) is 38.7. The van der Waals surface area contributed by atoms with Crippen LogP contribution >= 0.6 is 0 Å². The fourth-order valence-corrected chi connectivity index (χ4v) is 16.0. The number of pyridine rings is 5. The van der Waals surface area contributed by atoms with Crippen LogP contribution in [0.5, 0.6) is 0 Å². The van der Waals surface area contributed by atoms with Gasteiger partial charge in [-0.15, -0.1) is 0 Å². The molecule has 0 saturated heterocycles. The van der Waals surface area contributed by atoms with Crippen LogP contribution in [0.15, 0.2) is 231 Å². The Bertz CT molecular complexity index is 5860. The van der Waals surface area contributed by atoms with E-state index in [9.17, 15) is 0 Å². The van der Waals surface area contributed by atoms with Crippen molar-refractivity contribution in [3.8, 4) is 56.3 Å². The average molecular weight is 1410 g/mol. The Hall–Kier alpha value is -10.8. The number of fused-ring (bicyclic) bond motifs is 5. The van der Waals surface area contributed by atoms with Gasteiger partial charge in [0.25, 0.3) is 0 Å². The molecule has 0 saturated carbocycles. The van der Waals surface area contributed by atoms with E-state index in [0.29, 0.717) is 11.8 Å². The molecule has 0 atom stereocenters. The molecule has 0 spiro atoms. The van der Waals surface area contributed by atoms with Crippen molar-refractivity contribution in [3.63, 3.8) is 0 Å². The summed E-state index contributed by atoms with van der Waals surface area (Å²) in [6.45, 7) is 42.0. The minimum absolute atomic E-state index is 0.555. The fourth-order valence-electron chi connectivity index (χ4n) is 16.0. The van der Waals surface area contributed by atoms with Gasteiger partial charge >= 0.3 is 0 Å². The molecular weight excluding hydrogens is 1300 g/mol. The predicted octanol–water partition coefficient (Wildman–Crippen LogP) is 23.6. The van der Waals surface area contributed by atoms with E-state index in [-0.39, 0.29) is 0 Å². The maximum Gasteiger partial charge on any atom is 0.220 e. The summed E-state index contributed by atoms with van der Waals surface area (Å²) in [6, 6.07) is 77.6. The maximum atomic E-state index is 2.35. The van der Waals surface area contributed by atoms with Crippen molar-refractivity contribution < 1.29 is 22.8 Å². The third kappa shape index (κ3) is 16.6. The largest absolute Gasteiger partial charge is 0.220 e. The summed E-state index contributed by atoms with van der Waals surface area (Å²) < 4.78 is 11.4. The fraction of sp³-hybridized carbons (Fsp3) is 0.265. The molecule has 5 heteroatoms. The van der Waals surface area contributed by atoms with Crippen LogP contribution in [-0.2, 0) is 41.7 Å². The molecule has 10 aromatic carbocycles. The molecule has 0 aliphatic heterocycles. The first-order valence-electron chi connectivity index (χ1n) is 38.4. The van der Waals surface area contributed by atoms with Crippen LogP contribution in [0.2, 0.25) is 0 Å². The number of aromatic nitrogens is 5. The molecule has 15 aromatic rings. The normalized spacial score (nSPS) is 11.2. The van der Waals surface area contributed by atoms with Crippen molar-refractivity contribution in [3.05, 3.63) is 325 Å². The van der Waals surface area contributed by atoms with Crippen molar-refractivity contribution in [1.82, 2.24) is 0 Å². The van der Waals surface area contributed by atoms with E-state index in [0.717, 1.165) is 6.42 Å². The molecule has 0 N–H and O–H groups in total. The van der Waals surface area contributed by atoms with Gasteiger partial charge in [0.15, 0.2) is 18.6 Å². The highest BCUT2D eigenvalue weighted by Crippen LogP contribution is 2.36. The Morgan fingerprint density at radius 3 is 1.19 bits per heavy atom. The maximum absolute atomic E-state index is 2.35. The van der Waals surface area contributed by atoms with Crippen LogP contribution in [0.25, 0.3) is 110 Å². The lowest BCUT2D eigenvalue weighted by Crippen LogP contribution is -2.32. The molecule has 5 nitrogen and oxygen atoms in total. The van der Waals surface area contributed by atoms with Gasteiger partial charge in [0, 0.05) is 64.5 Å². The highest BCUT2D eigenvalue weighted by Gasteiger charge is 2.25. The second-order valence-electron chi connectivity index (χ2n) is 31.3. The van der Waals surface area contributed by atoms with Crippen molar-refractivity contribution in [1.29, 1.82) is 0 Å². The highest BCUT2D eigenvalue weighted by atomic mass is 15.0. The number of benzene rings is 10. The first kappa shape index (κ1) is 77.4. The molecule has 0 unspecified atom stereocenters. The lowest BCUT2D eigenvalue weighted by molar-refractivity contribution is -0.659. The molecule has 0 bridgehead atoms. The van der Waals surface area contributed by atoms with E-state index in [1.807, 2.05) is 0 Å². The first-order chi connectivity index (χ1) is 51.0. The van der Waals surface area contributed by atoms with Crippen LogP contribution < -0.4 is 22.8 Å². The zero-order chi connectivity index (χ0) is 77.0. The summed E-state index contributed by atoms with van der Waals surface area (Å²) >= 11 is 0. The summed E-state index contributed by atoms with van der Waals surface area (Å²) in [5.74, 6) is 1.22. The van der Waals surface area contributed by atoms with E-state index in [4.69, 9.17) is 0 Å². The van der Waals surface area contributed by atoms with Gasteiger partial charge in [0.05, 0.1) is 32.7 Å². The Morgan fingerprint density at radius 2 is 0.682 bits per heavy atom. The van der Waals surface area contributed by atoms with Gasteiger partial charge in [-0.2, -0.15) is 9.13 Å². The Morgan fingerprint density at radius 1 is 0.280 bits per heavy atom. The molecule has 5 aromatic heterocycles. The molecule has 0 aliphatic carbocycles. The van der Waals surface area contributed by atoms with Crippen LogP contribution in [-0.4, -0.2) is 0 Å². The smallest absolute Gasteiger partial charge is 0.200 e. The molecule has 0 radical (unpaired) electrons. The van der Waals surface area contributed by atoms with Crippen molar-refractivity contribution in [2.45, 2.75) is 144 Å². The lowest BCUT2D eigenvalue weighted by atomic mass is 9.93. The summed E-state index contributed by atoms with van der Waals surface area (Å²) in [5, 5.41) is 10.6. The lowest BCUT2D eigenvalue weighted by Gasteiger charge is -2.12. The van der Waals surface area contributed by atoms with Crippen molar-refractivity contribution in [2.75, 3.05) is 0 Å². The summed E-state index contributed by atoms with van der Waals surface area (Å²) in [4.78, 5) is 0. The predicted molar refractivity (Wildman–Crippen MR) is 456 cm³/mol. The summed E-state index contributed by atoms with van der Waals surface area (Å²) in [6.07, 6.45) is 7.58. The van der Waals surface area contributed by atoms with Gasteiger partial charge in [0.1, 0.15) is 35.2 Å². The monoisotopic (exact) mass is 1410 g/mol. The first-order valence-corrected chi connectivity index (χ1v) is 38.4. The van der Waals surface area contributed by atoms with Crippen molar-refractivity contribution >= 4 is 54.1 Å². The molecule has 0 aliphatic rings. The number of hydrogen-bond donors (Lipinski definition) is 0. The number of hydrogen-bond acceptors (Lipinski definition) is 0. The minimum atomic E-state index is 0.555. The van der Waals surface area contributed by atoms with E-state index >= 15 is 0 Å². The Balaban J connectivity index is 0.000000134. The minimum Gasteiger partial charge on any atom is -0.200 e. The van der Waals surface area contributed by atoms with Gasteiger partial charge in [-0.25, -0.2) is 13.7 Å². The Labute approximate surface area is 639 Å². The molecule has 107 heavy (non-hydrogen) atoms. The third-order valence-corrected chi connectivity index (χ3v) is 22.3. The van der Waals surface area contributed by atoms with Gasteiger partial charge in [0.2, 0.25) is 39.5 Å². The van der Waals surface area contributed by atoms with E-state index in [2.05, 4.69) is 421 Å². The second-order valence-corrected chi connectivity index (χ2v) is 31.3. The molecule has 0 amide bonds. The summed E-state index contributed by atoms with van der Waals surface area (Å²) in [7, 11) is 10.7. The zero-order valence-electron chi connectivity index (χ0n) is 68.5. The second kappa shape index (κ2) is 32.9. The number of aryl methyl sites for hydroxylation is 16. The topological polar surface area (TPSA) is 19.4 Å².